The standard InChI is InChI=1S/C10H15N3O3/c1-2-15-3-4-16-9-5-7(10(12)14)8(11)6-13-9/h5-6H,2-4,11H2,1H3,(H2,12,14). The molecular weight excluding hydrogens is 210 g/mol. The van der Waals surface area contributed by atoms with Gasteiger partial charge in [0.1, 0.15) is 6.61 Å². The molecule has 0 spiro atoms. The second kappa shape index (κ2) is 5.92. The van der Waals surface area contributed by atoms with Gasteiger partial charge in [-0.3, -0.25) is 4.79 Å². The van der Waals surface area contributed by atoms with Crippen molar-refractivity contribution in [1.29, 1.82) is 0 Å². The monoisotopic (exact) mass is 225 g/mol. The van der Waals surface area contributed by atoms with Crippen molar-refractivity contribution in [3.63, 3.8) is 0 Å². The van der Waals surface area contributed by atoms with Gasteiger partial charge < -0.3 is 20.9 Å². The van der Waals surface area contributed by atoms with Crippen molar-refractivity contribution in [3.8, 4) is 5.88 Å². The van der Waals surface area contributed by atoms with Gasteiger partial charge in [-0.2, -0.15) is 0 Å². The van der Waals surface area contributed by atoms with Gasteiger partial charge in [0.15, 0.2) is 0 Å². The summed E-state index contributed by atoms with van der Waals surface area (Å²) in [7, 11) is 0. The molecule has 0 saturated carbocycles. The normalized spacial score (nSPS) is 10.1. The Morgan fingerprint density at radius 1 is 1.50 bits per heavy atom. The maximum atomic E-state index is 11.0. The summed E-state index contributed by atoms with van der Waals surface area (Å²) in [5, 5.41) is 0. The lowest BCUT2D eigenvalue weighted by Gasteiger charge is -2.07. The summed E-state index contributed by atoms with van der Waals surface area (Å²) in [5.74, 6) is -0.294. The van der Waals surface area contributed by atoms with Crippen LogP contribution in [0, 0.1) is 0 Å². The van der Waals surface area contributed by atoms with E-state index in [2.05, 4.69) is 4.98 Å². The van der Waals surface area contributed by atoms with Crippen LogP contribution in [0.15, 0.2) is 12.3 Å². The smallest absolute Gasteiger partial charge is 0.251 e. The fraction of sp³-hybridized carbons (Fsp3) is 0.400. The number of amides is 1. The molecule has 0 aromatic carbocycles. The Morgan fingerprint density at radius 2 is 2.25 bits per heavy atom. The van der Waals surface area contributed by atoms with Crippen LogP contribution in [0.3, 0.4) is 0 Å². The Bertz CT molecular complexity index is 368. The fourth-order valence-electron chi connectivity index (χ4n) is 1.09. The largest absolute Gasteiger partial charge is 0.475 e. The molecule has 1 rings (SSSR count). The number of hydrogen-bond donors (Lipinski definition) is 2. The lowest BCUT2D eigenvalue weighted by Crippen LogP contribution is -2.15. The number of hydrogen-bond acceptors (Lipinski definition) is 5. The molecule has 0 aliphatic rings. The second-order valence-corrected chi connectivity index (χ2v) is 3.02. The highest BCUT2D eigenvalue weighted by Crippen LogP contribution is 2.15. The zero-order valence-corrected chi connectivity index (χ0v) is 9.10. The number of nitrogens with two attached hydrogens (primary N) is 2. The minimum Gasteiger partial charge on any atom is -0.475 e. The first-order chi connectivity index (χ1) is 7.65. The van der Waals surface area contributed by atoms with E-state index in [1.54, 1.807) is 0 Å². The van der Waals surface area contributed by atoms with Crippen LogP contribution < -0.4 is 16.2 Å². The second-order valence-electron chi connectivity index (χ2n) is 3.02. The summed E-state index contributed by atoms with van der Waals surface area (Å²) in [6.45, 7) is 3.36. The lowest BCUT2D eigenvalue weighted by molar-refractivity contribution is 0.0998. The average Bonchev–Trinajstić information content (AvgIpc) is 2.26. The van der Waals surface area contributed by atoms with Crippen molar-refractivity contribution in [2.24, 2.45) is 5.73 Å². The highest BCUT2D eigenvalue weighted by atomic mass is 16.5. The van der Waals surface area contributed by atoms with Gasteiger partial charge in [0.25, 0.3) is 5.91 Å². The highest BCUT2D eigenvalue weighted by Gasteiger charge is 2.08. The maximum Gasteiger partial charge on any atom is 0.251 e. The molecule has 88 valence electrons. The summed E-state index contributed by atoms with van der Waals surface area (Å²) in [5.41, 5.74) is 11.1. The van der Waals surface area contributed by atoms with E-state index in [1.165, 1.54) is 12.3 Å². The first-order valence-electron chi connectivity index (χ1n) is 4.91. The molecule has 0 radical (unpaired) electrons. The third kappa shape index (κ3) is 3.39. The molecule has 0 unspecified atom stereocenters. The Morgan fingerprint density at radius 3 is 2.88 bits per heavy atom. The summed E-state index contributed by atoms with van der Waals surface area (Å²) < 4.78 is 10.3. The number of anilines is 1. The number of carbonyl (C=O) groups is 1. The maximum absolute atomic E-state index is 11.0. The highest BCUT2D eigenvalue weighted by molar-refractivity contribution is 5.97. The third-order valence-corrected chi connectivity index (χ3v) is 1.86. The molecule has 4 N–H and O–H groups in total. The van der Waals surface area contributed by atoms with Crippen LogP contribution in [0.2, 0.25) is 0 Å². The van der Waals surface area contributed by atoms with Crippen molar-refractivity contribution in [2.45, 2.75) is 6.92 Å². The van der Waals surface area contributed by atoms with Crippen LogP contribution in [0.4, 0.5) is 5.69 Å². The predicted molar refractivity (Wildman–Crippen MR) is 59.2 cm³/mol. The van der Waals surface area contributed by atoms with E-state index in [4.69, 9.17) is 20.9 Å². The van der Waals surface area contributed by atoms with Gasteiger partial charge in [-0.05, 0) is 6.92 Å². The third-order valence-electron chi connectivity index (χ3n) is 1.86. The molecule has 1 amide bonds. The summed E-state index contributed by atoms with van der Waals surface area (Å²) >= 11 is 0. The lowest BCUT2D eigenvalue weighted by atomic mass is 10.2. The quantitative estimate of drug-likeness (QED) is 0.672. The SMILES string of the molecule is CCOCCOc1cc(C(N)=O)c(N)cn1. The number of ether oxygens (including phenoxy) is 2. The van der Waals surface area contributed by atoms with Crippen molar-refractivity contribution in [2.75, 3.05) is 25.6 Å². The minimum absolute atomic E-state index is 0.210. The molecule has 0 atom stereocenters. The van der Waals surface area contributed by atoms with E-state index in [1.807, 2.05) is 6.92 Å². The molecule has 0 aliphatic carbocycles. The van der Waals surface area contributed by atoms with Gasteiger partial charge in [0.2, 0.25) is 5.88 Å². The van der Waals surface area contributed by atoms with Gasteiger partial charge in [0.05, 0.1) is 24.1 Å². The van der Waals surface area contributed by atoms with E-state index in [9.17, 15) is 4.79 Å². The van der Waals surface area contributed by atoms with Crippen LogP contribution >= 0.6 is 0 Å². The van der Waals surface area contributed by atoms with Crippen molar-refractivity contribution < 1.29 is 14.3 Å². The van der Waals surface area contributed by atoms with E-state index in [0.717, 1.165) is 0 Å². The molecule has 0 saturated heterocycles. The molecular formula is C10H15N3O3. The van der Waals surface area contributed by atoms with E-state index < -0.39 is 5.91 Å². The molecule has 0 fully saturated rings. The molecule has 1 aromatic rings. The van der Waals surface area contributed by atoms with Gasteiger partial charge in [-0.15, -0.1) is 0 Å². The molecule has 1 aromatic heterocycles. The number of primary amides is 1. The summed E-state index contributed by atoms with van der Waals surface area (Å²) in [6, 6.07) is 1.42. The Balaban J connectivity index is 2.61. The number of rotatable bonds is 6. The fourth-order valence-corrected chi connectivity index (χ4v) is 1.09. The first kappa shape index (κ1) is 12.3. The topological polar surface area (TPSA) is 100 Å². The molecule has 16 heavy (non-hydrogen) atoms. The molecule has 0 aliphatic heterocycles. The van der Waals surface area contributed by atoms with E-state index >= 15 is 0 Å². The molecule has 1 heterocycles. The number of pyridine rings is 1. The van der Waals surface area contributed by atoms with Crippen LogP contribution in [0.1, 0.15) is 17.3 Å². The Labute approximate surface area is 93.5 Å². The molecule has 6 nitrogen and oxygen atoms in total. The predicted octanol–water partition coefficient (Wildman–Crippen LogP) is 0.178. The van der Waals surface area contributed by atoms with Crippen molar-refractivity contribution in [3.05, 3.63) is 17.8 Å². The van der Waals surface area contributed by atoms with E-state index in [0.29, 0.717) is 25.7 Å². The van der Waals surface area contributed by atoms with Crippen molar-refractivity contribution >= 4 is 11.6 Å². The Hall–Kier alpha value is -1.82. The number of nitrogens with zero attached hydrogens (tertiary/aromatic N) is 1. The Kier molecular flexibility index (Phi) is 4.53. The average molecular weight is 225 g/mol. The zero-order chi connectivity index (χ0) is 12.0. The number of nitrogen functional groups attached to an aromatic ring is 1. The summed E-state index contributed by atoms with van der Waals surface area (Å²) in [6.07, 6.45) is 1.34. The minimum atomic E-state index is -0.602. The molecule has 0 bridgehead atoms. The van der Waals surface area contributed by atoms with Gasteiger partial charge in [-0.25, -0.2) is 4.98 Å². The zero-order valence-electron chi connectivity index (χ0n) is 9.10. The summed E-state index contributed by atoms with van der Waals surface area (Å²) in [4.78, 5) is 14.9. The van der Waals surface area contributed by atoms with Crippen LogP contribution in [0.5, 0.6) is 5.88 Å². The van der Waals surface area contributed by atoms with Gasteiger partial charge in [0, 0.05) is 12.7 Å². The van der Waals surface area contributed by atoms with Crippen LogP contribution in [-0.2, 0) is 4.74 Å². The van der Waals surface area contributed by atoms with Crippen LogP contribution in [0.25, 0.3) is 0 Å². The number of carbonyl (C=O) groups excluding carboxylic acids is 1. The van der Waals surface area contributed by atoms with Crippen LogP contribution in [-0.4, -0.2) is 30.7 Å². The van der Waals surface area contributed by atoms with Crippen molar-refractivity contribution in [1.82, 2.24) is 4.98 Å². The van der Waals surface area contributed by atoms with Gasteiger partial charge in [-0.1, -0.05) is 0 Å². The van der Waals surface area contributed by atoms with Gasteiger partial charge >= 0.3 is 0 Å². The number of aromatic nitrogens is 1. The van der Waals surface area contributed by atoms with E-state index in [-0.39, 0.29) is 11.3 Å². The first-order valence-corrected chi connectivity index (χ1v) is 4.91. The molecule has 6 heteroatoms.